The van der Waals surface area contributed by atoms with Gasteiger partial charge in [0.1, 0.15) is 0 Å². The molecule has 142 valence electrons. The van der Waals surface area contributed by atoms with Gasteiger partial charge in [-0.1, -0.05) is 36.4 Å². The minimum Gasteiger partial charge on any atom is -0.332 e. The number of hydrogen-bond donors (Lipinski definition) is 0. The fraction of sp³-hybridized carbons (Fsp3) is 0.348. The van der Waals surface area contributed by atoms with Gasteiger partial charge in [-0.25, -0.2) is 0 Å². The predicted octanol–water partition coefficient (Wildman–Crippen LogP) is 3.91. The number of carbonyl (C=O) groups is 1. The zero-order valence-corrected chi connectivity index (χ0v) is 16.1. The molecule has 28 heavy (non-hydrogen) atoms. The van der Waals surface area contributed by atoms with Crippen LogP contribution >= 0.6 is 0 Å². The lowest BCUT2D eigenvalue weighted by Crippen LogP contribution is -2.38. The number of nitrogens with zero attached hydrogens (tertiary/aromatic N) is 4. The molecular weight excluding hydrogens is 348 g/mol. The van der Waals surface area contributed by atoms with Crippen molar-refractivity contribution in [2.45, 2.75) is 32.9 Å². The van der Waals surface area contributed by atoms with E-state index in [9.17, 15) is 4.79 Å². The van der Waals surface area contributed by atoms with Crippen molar-refractivity contribution in [3.63, 3.8) is 0 Å². The molecule has 3 aromatic rings. The van der Waals surface area contributed by atoms with Crippen LogP contribution in [0.4, 0.5) is 0 Å². The Hall–Kier alpha value is -2.95. The molecule has 5 nitrogen and oxygen atoms in total. The molecule has 0 spiro atoms. The van der Waals surface area contributed by atoms with Gasteiger partial charge >= 0.3 is 0 Å². The summed E-state index contributed by atoms with van der Waals surface area (Å²) in [5.41, 5.74) is 5.27. The average molecular weight is 372 g/mol. The van der Waals surface area contributed by atoms with E-state index in [1.807, 2.05) is 39.9 Å². The normalized spacial score (nSPS) is 19.2. The number of rotatable bonds is 4. The molecular formula is C23H24N4O. The lowest BCUT2D eigenvalue weighted by Gasteiger charge is -2.31. The van der Waals surface area contributed by atoms with Crippen molar-refractivity contribution in [1.82, 2.24) is 14.7 Å². The van der Waals surface area contributed by atoms with E-state index in [0.717, 1.165) is 48.1 Å². The Bertz CT molecular complexity index is 1070. The minimum atomic E-state index is 0.137. The molecule has 1 aromatic heterocycles. The summed E-state index contributed by atoms with van der Waals surface area (Å²) < 4.78 is 2.04. The Morgan fingerprint density at radius 3 is 2.79 bits per heavy atom. The number of benzene rings is 2. The Morgan fingerprint density at radius 1 is 1.11 bits per heavy atom. The molecule has 2 aliphatic rings. The highest BCUT2D eigenvalue weighted by atomic mass is 16.2. The molecule has 0 radical (unpaired) electrons. The van der Waals surface area contributed by atoms with Crippen LogP contribution in [0, 0.1) is 5.92 Å². The molecule has 0 aliphatic carbocycles. The molecule has 5 heteroatoms. The Morgan fingerprint density at radius 2 is 1.96 bits per heavy atom. The van der Waals surface area contributed by atoms with E-state index in [1.165, 1.54) is 11.3 Å². The maximum Gasteiger partial charge on any atom is 0.254 e. The molecule has 1 unspecified atom stereocenters. The summed E-state index contributed by atoms with van der Waals surface area (Å²) in [6.45, 7) is 5.07. The Kier molecular flexibility index (Phi) is 4.23. The largest absolute Gasteiger partial charge is 0.332 e. The van der Waals surface area contributed by atoms with Gasteiger partial charge in [-0.3, -0.25) is 14.5 Å². The van der Waals surface area contributed by atoms with Crippen molar-refractivity contribution >= 4 is 22.5 Å². The molecule has 0 saturated heterocycles. The molecule has 0 saturated carbocycles. The average Bonchev–Trinajstić information content (AvgIpc) is 3.05. The fourth-order valence-corrected chi connectivity index (χ4v) is 4.53. The van der Waals surface area contributed by atoms with Crippen LogP contribution in [-0.2, 0) is 13.1 Å². The predicted molar refractivity (Wildman–Crippen MR) is 111 cm³/mol. The second-order valence-electron chi connectivity index (χ2n) is 7.95. The van der Waals surface area contributed by atoms with Gasteiger partial charge in [0.15, 0.2) is 0 Å². The van der Waals surface area contributed by atoms with Crippen molar-refractivity contribution in [2.75, 3.05) is 13.1 Å². The highest BCUT2D eigenvalue weighted by Crippen LogP contribution is 2.31. The molecule has 0 bridgehead atoms. The quantitative estimate of drug-likeness (QED) is 0.697. The Balaban J connectivity index is 1.46. The monoisotopic (exact) mass is 372 g/mol. The van der Waals surface area contributed by atoms with Crippen LogP contribution in [0.5, 0.6) is 0 Å². The molecule has 0 N–H and O–H groups in total. The van der Waals surface area contributed by atoms with Crippen molar-refractivity contribution in [2.24, 2.45) is 10.9 Å². The summed E-state index contributed by atoms with van der Waals surface area (Å²) >= 11 is 0. The first-order valence-electron chi connectivity index (χ1n) is 10.0. The maximum absolute atomic E-state index is 13.2. The summed E-state index contributed by atoms with van der Waals surface area (Å²) in [4.78, 5) is 19.7. The topological polar surface area (TPSA) is 50.5 Å². The molecule has 2 aromatic carbocycles. The number of amides is 1. The van der Waals surface area contributed by atoms with E-state index in [0.29, 0.717) is 19.0 Å². The van der Waals surface area contributed by atoms with Gasteiger partial charge in [-0.05, 0) is 43.4 Å². The summed E-state index contributed by atoms with van der Waals surface area (Å²) in [5.74, 6) is 0.631. The highest BCUT2D eigenvalue weighted by Gasteiger charge is 2.31. The number of carbonyl (C=O) groups excluding carboxylic acids is 1. The maximum atomic E-state index is 13.2. The van der Waals surface area contributed by atoms with Gasteiger partial charge < -0.3 is 4.90 Å². The van der Waals surface area contributed by atoms with Crippen molar-refractivity contribution < 1.29 is 4.79 Å². The van der Waals surface area contributed by atoms with Crippen LogP contribution in [0.3, 0.4) is 0 Å². The van der Waals surface area contributed by atoms with Gasteiger partial charge in [0.25, 0.3) is 5.91 Å². The van der Waals surface area contributed by atoms with Crippen LogP contribution in [0.2, 0.25) is 0 Å². The molecule has 5 rings (SSSR count). The summed E-state index contributed by atoms with van der Waals surface area (Å²) in [6, 6.07) is 16.3. The fourth-order valence-electron chi connectivity index (χ4n) is 4.53. The van der Waals surface area contributed by atoms with Crippen LogP contribution in [0.25, 0.3) is 10.9 Å². The zero-order chi connectivity index (χ0) is 19.1. The first-order valence-corrected chi connectivity index (χ1v) is 10.0. The number of aliphatic imine (C=N–C) groups is 1. The van der Waals surface area contributed by atoms with Gasteiger partial charge in [0.05, 0.1) is 29.9 Å². The van der Waals surface area contributed by atoms with Crippen LogP contribution in [-0.4, -0.2) is 39.4 Å². The van der Waals surface area contributed by atoms with Crippen LogP contribution in [0.1, 0.15) is 41.4 Å². The van der Waals surface area contributed by atoms with E-state index in [2.05, 4.69) is 30.1 Å². The van der Waals surface area contributed by atoms with E-state index >= 15 is 0 Å². The van der Waals surface area contributed by atoms with Gasteiger partial charge in [0.2, 0.25) is 0 Å². The molecule has 3 heterocycles. The minimum absolute atomic E-state index is 0.137. The Labute approximate surface area is 164 Å². The molecule has 1 atom stereocenters. The third kappa shape index (κ3) is 3.01. The lowest BCUT2D eigenvalue weighted by atomic mass is 9.94. The van der Waals surface area contributed by atoms with Crippen LogP contribution < -0.4 is 0 Å². The summed E-state index contributed by atoms with van der Waals surface area (Å²) in [7, 11) is 0. The van der Waals surface area contributed by atoms with Crippen LogP contribution in [0.15, 0.2) is 53.5 Å². The first kappa shape index (κ1) is 17.2. The SMILES string of the molecule is CC1=NCCC(CN2Cc3nn(Cc4ccccc4)c4cccc(c34)C2=O)C1. The van der Waals surface area contributed by atoms with Crippen molar-refractivity contribution in [1.29, 1.82) is 0 Å². The number of aromatic nitrogens is 2. The van der Waals surface area contributed by atoms with Crippen molar-refractivity contribution in [3.8, 4) is 0 Å². The first-order chi connectivity index (χ1) is 13.7. The van der Waals surface area contributed by atoms with Gasteiger partial charge in [-0.15, -0.1) is 0 Å². The molecule has 2 aliphatic heterocycles. The second-order valence-corrected chi connectivity index (χ2v) is 7.95. The summed E-state index contributed by atoms with van der Waals surface area (Å²) in [5, 5.41) is 5.94. The standard InChI is InChI=1S/C23H24N4O/c1-16-12-18(10-11-24-16)13-26-15-20-22-19(23(26)28)8-5-9-21(22)27(25-20)14-17-6-3-2-4-7-17/h2-9,18H,10-15H2,1H3. The van der Waals surface area contributed by atoms with E-state index in [4.69, 9.17) is 5.10 Å². The van der Waals surface area contributed by atoms with E-state index in [1.54, 1.807) is 0 Å². The second kappa shape index (κ2) is 6.89. The third-order valence-corrected chi connectivity index (χ3v) is 5.87. The lowest BCUT2D eigenvalue weighted by molar-refractivity contribution is 0.0703. The highest BCUT2D eigenvalue weighted by molar-refractivity contribution is 6.09. The van der Waals surface area contributed by atoms with Gasteiger partial charge in [0, 0.05) is 24.2 Å². The molecule has 0 fully saturated rings. The van der Waals surface area contributed by atoms with Crippen molar-refractivity contribution in [3.05, 3.63) is 65.4 Å². The number of hydrogen-bond acceptors (Lipinski definition) is 3. The third-order valence-electron chi connectivity index (χ3n) is 5.87. The smallest absolute Gasteiger partial charge is 0.254 e. The van der Waals surface area contributed by atoms with E-state index < -0.39 is 0 Å². The zero-order valence-electron chi connectivity index (χ0n) is 16.1. The molecule has 1 amide bonds. The van der Waals surface area contributed by atoms with Gasteiger partial charge in [-0.2, -0.15) is 5.10 Å². The summed E-state index contributed by atoms with van der Waals surface area (Å²) in [6.07, 6.45) is 2.05. The van der Waals surface area contributed by atoms with E-state index in [-0.39, 0.29) is 5.91 Å².